The summed E-state index contributed by atoms with van der Waals surface area (Å²) in [6, 6.07) is 11.0. The molecule has 0 bridgehead atoms. The molecule has 0 radical (unpaired) electrons. The summed E-state index contributed by atoms with van der Waals surface area (Å²) in [5.74, 6) is 0.335. The van der Waals surface area contributed by atoms with E-state index in [1.54, 1.807) is 0 Å². The SMILES string of the molecule is CN(Cc1ccccc1)CC(C)(C)CN[C@@H]1C=C[C@H](CO)C1. The smallest absolute Gasteiger partial charge is 0.0494 e. The molecule has 0 saturated carbocycles. The van der Waals surface area contributed by atoms with E-state index < -0.39 is 0 Å². The number of nitrogens with one attached hydrogen (secondary N) is 1. The lowest BCUT2D eigenvalue weighted by Gasteiger charge is -2.31. The van der Waals surface area contributed by atoms with Crippen LogP contribution in [0.5, 0.6) is 0 Å². The highest BCUT2D eigenvalue weighted by molar-refractivity contribution is 5.14. The van der Waals surface area contributed by atoms with E-state index in [9.17, 15) is 5.11 Å². The number of hydrogen-bond donors (Lipinski definition) is 2. The second kappa shape index (κ2) is 7.91. The number of nitrogens with zero attached hydrogens (tertiary/aromatic N) is 1. The minimum absolute atomic E-state index is 0.217. The molecule has 0 spiro atoms. The van der Waals surface area contributed by atoms with Crippen LogP contribution in [-0.4, -0.2) is 42.8 Å². The third-order valence-corrected chi connectivity index (χ3v) is 4.24. The highest BCUT2D eigenvalue weighted by atomic mass is 16.3. The lowest BCUT2D eigenvalue weighted by molar-refractivity contribution is 0.193. The highest BCUT2D eigenvalue weighted by Crippen LogP contribution is 2.20. The van der Waals surface area contributed by atoms with Gasteiger partial charge in [-0.15, -0.1) is 0 Å². The molecule has 2 N–H and O–H groups in total. The first-order chi connectivity index (χ1) is 10.5. The third-order valence-electron chi connectivity index (χ3n) is 4.24. The predicted octanol–water partition coefficient (Wildman–Crippen LogP) is 2.67. The van der Waals surface area contributed by atoms with Crippen molar-refractivity contribution in [1.29, 1.82) is 0 Å². The van der Waals surface area contributed by atoms with Crippen LogP contribution in [0.25, 0.3) is 0 Å². The molecule has 0 fully saturated rings. The van der Waals surface area contributed by atoms with E-state index in [0.29, 0.717) is 12.0 Å². The van der Waals surface area contributed by atoms with Gasteiger partial charge in [-0.05, 0) is 24.4 Å². The maximum atomic E-state index is 9.19. The normalized spacial score (nSPS) is 21.7. The largest absolute Gasteiger partial charge is 0.396 e. The molecule has 0 heterocycles. The minimum atomic E-state index is 0.217. The third kappa shape index (κ3) is 5.56. The predicted molar refractivity (Wildman–Crippen MR) is 92.7 cm³/mol. The minimum Gasteiger partial charge on any atom is -0.396 e. The molecular weight excluding hydrogens is 272 g/mol. The Hall–Kier alpha value is -1.16. The Labute approximate surface area is 135 Å². The standard InChI is InChI=1S/C19H30N2O/c1-19(2,14-20-18-10-9-17(11-18)13-22)15-21(3)12-16-7-5-4-6-8-16/h4-10,17-18,20,22H,11-15H2,1-3H3/t17-,18+/m0/s1. The van der Waals surface area contributed by atoms with E-state index >= 15 is 0 Å². The molecule has 0 unspecified atom stereocenters. The van der Waals surface area contributed by atoms with Crippen molar-refractivity contribution in [3.05, 3.63) is 48.0 Å². The van der Waals surface area contributed by atoms with Gasteiger partial charge in [0, 0.05) is 38.2 Å². The van der Waals surface area contributed by atoms with Crippen LogP contribution < -0.4 is 5.32 Å². The maximum Gasteiger partial charge on any atom is 0.0494 e. The van der Waals surface area contributed by atoms with Crippen molar-refractivity contribution in [2.45, 2.75) is 32.9 Å². The molecule has 22 heavy (non-hydrogen) atoms. The fourth-order valence-corrected chi connectivity index (χ4v) is 3.21. The summed E-state index contributed by atoms with van der Waals surface area (Å²) in [4.78, 5) is 2.39. The highest BCUT2D eigenvalue weighted by Gasteiger charge is 2.23. The fraction of sp³-hybridized carbons (Fsp3) is 0.579. The molecule has 2 rings (SSSR count). The molecule has 122 valence electrons. The number of benzene rings is 1. The molecule has 1 aromatic rings. The second-order valence-electron chi connectivity index (χ2n) is 7.37. The molecule has 0 aliphatic heterocycles. The van der Waals surface area contributed by atoms with Crippen LogP contribution in [0, 0.1) is 11.3 Å². The van der Waals surface area contributed by atoms with E-state index in [4.69, 9.17) is 0 Å². The Morgan fingerprint density at radius 3 is 2.59 bits per heavy atom. The number of aliphatic hydroxyl groups is 1. The number of rotatable bonds is 8. The van der Waals surface area contributed by atoms with Crippen molar-refractivity contribution in [2.24, 2.45) is 11.3 Å². The summed E-state index contributed by atoms with van der Waals surface area (Å²) in [7, 11) is 2.19. The van der Waals surface area contributed by atoms with Gasteiger partial charge in [0.25, 0.3) is 0 Å². The van der Waals surface area contributed by atoms with E-state index in [-0.39, 0.29) is 12.0 Å². The van der Waals surface area contributed by atoms with Gasteiger partial charge in [-0.25, -0.2) is 0 Å². The topological polar surface area (TPSA) is 35.5 Å². The first-order valence-electron chi connectivity index (χ1n) is 8.23. The van der Waals surface area contributed by atoms with Crippen molar-refractivity contribution in [1.82, 2.24) is 10.2 Å². The average molecular weight is 302 g/mol. The Kier molecular flexibility index (Phi) is 6.18. The van der Waals surface area contributed by atoms with E-state index in [1.807, 2.05) is 0 Å². The van der Waals surface area contributed by atoms with Gasteiger partial charge in [-0.2, -0.15) is 0 Å². The second-order valence-corrected chi connectivity index (χ2v) is 7.37. The van der Waals surface area contributed by atoms with Crippen LogP contribution in [0.2, 0.25) is 0 Å². The molecular formula is C19H30N2O. The molecule has 1 aliphatic carbocycles. The van der Waals surface area contributed by atoms with Gasteiger partial charge in [-0.1, -0.05) is 56.3 Å². The van der Waals surface area contributed by atoms with E-state index in [2.05, 4.69) is 73.6 Å². The Morgan fingerprint density at radius 1 is 1.23 bits per heavy atom. The average Bonchev–Trinajstić information content (AvgIpc) is 2.94. The molecule has 0 aromatic heterocycles. The summed E-state index contributed by atoms with van der Waals surface area (Å²) in [6.45, 7) is 7.90. The summed E-state index contributed by atoms with van der Waals surface area (Å²) in [6.07, 6.45) is 5.35. The maximum absolute atomic E-state index is 9.19. The van der Waals surface area contributed by atoms with Gasteiger partial charge in [0.2, 0.25) is 0 Å². The van der Waals surface area contributed by atoms with Crippen LogP contribution in [0.15, 0.2) is 42.5 Å². The molecule has 0 saturated heterocycles. The van der Waals surface area contributed by atoms with Gasteiger partial charge in [0.1, 0.15) is 0 Å². The summed E-state index contributed by atoms with van der Waals surface area (Å²) < 4.78 is 0. The first kappa shape index (κ1) is 17.2. The van der Waals surface area contributed by atoms with Crippen LogP contribution in [0.3, 0.4) is 0 Å². The Balaban J connectivity index is 1.74. The monoisotopic (exact) mass is 302 g/mol. The molecule has 3 nitrogen and oxygen atoms in total. The lowest BCUT2D eigenvalue weighted by Crippen LogP contribution is -2.41. The van der Waals surface area contributed by atoms with Crippen molar-refractivity contribution in [3.8, 4) is 0 Å². The molecule has 2 atom stereocenters. The zero-order valence-corrected chi connectivity index (χ0v) is 14.1. The fourth-order valence-electron chi connectivity index (χ4n) is 3.21. The van der Waals surface area contributed by atoms with Crippen LogP contribution in [0.4, 0.5) is 0 Å². The van der Waals surface area contributed by atoms with E-state index in [1.165, 1.54) is 5.56 Å². The zero-order chi connectivity index (χ0) is 16.0. The van der Waals surface area contributed by atoms with Gasteiger partial charge in [-0.3, -0.25) is 0 Å². The zero-order valence-electron chi connectivity index (χ0n) is 14.1. The number of hydrogen-bond acceptors (Lipinski definition) is 3. The quantitative estimate of drug-likeness (QED) is 0.725. The van der Waals surface area contributed by atoms with Gasteiger partial charge >= 0.3 is 0 Å². The van der Waals surface area contributed by atoms with Crippen LogP contribution >= 0.6 is 0 Å². The number of aliphatic hydroxyl groups excluding tert-OH is 1. The van der Waals surface area contributed by atoms with Gasteiger partial charge in [0.15, 0.2) is 0 Å². The van der Waals surface area contributed by atoms with Crippen molar-refractivity contribution in [2.75, 3.05) is 26.7 Å². The summed E-state index contributed by atoms with van der Waals surface area (Å²) in [5, 5.41) is 12.8. The summed E-state index contributed by atoms with van der Waals surface area (Å²) in [5.41, 5.74) is 1.58. The van der Waals surface area contributed by atoms with Crippen LogP contribution in [0.1, 0.15) is 25.8 Å². The Bertz CT molecular complexity index is 470. The molecule has 3 heteroatoms. The van der Waals surface area contributed by atoms with E-state index in [0.717, 1.165) is 26.1 Å². The first-order valence-corrected chi connectivity index (χ1v) is 8.23. The molecule has 1 aliphatic rings. The van der Waals surface area contributed by atoms with Crippen molar-refractivity contribution >= 4 is 0 Å². The lowest BCUT2D eigenvalue weighted by atomic mass is 9.92. The molecule has 1 aromatic carbocycles. The van der Waals surface area contributed by atoms with Gasteiger partial charge in [0.05, 0.1) is 0 Å². The van der Waals surface area contributed by atoms with Gasteiger partial charge < -0.3 is 15.3 Å². The van der Waals surface area contributed by atoms with Crippen LogP contribution in [-0.2, 0) is 6.54 Å². The van der Waals surface area contributed by atoms with Crippen molar-refractivity contribution in [3.63, 3.8) is 0 Å². The Morgan fingerprint density at radius 2 is 1.95 bits per heavy atom. The summed E-state index contributed by atoms with van der Waals surface area (Å²) >= 11 is 0. The van der Waals surface area contributed by atoms with Crippen molar-refractivity contribution < 1.29 is 5.11 Å². The molecule has 0 amide bonds.